The van der Waals surface area contributed by atoms with Gasteiger partial charge in [0.15, 0.2) is 0 Å². The van der Waals surface area contributed by atoms with Crippen molar-refractivity contribution in [2.75, 3.05) is 32.1 Å². The number of methoxy groups -OCH3 is 1. The Morgan fingerprint density at radius 1 is 1.32 bits per heavy atom. The number of rotatable bonds is 5. The molecule has 0 spiro atoms. The first kappa shape index (κ1) is 14.2. The molecule has 1 aliphatic heterocycles. The summed E-state index contributed by atoms with van der Waals surface area (Å²) in [5.74, 6) is 1.77. The highest BCUT2D eigenvalue weighted by atomic mass is 16.5. The Hall–Kier alpha value is -1.22. The molecule has 1 fully saturated rings. The molecule has 1 aromatic rings. The van der Waals surface area contributed by atoms with Crippen molar-refractivity contribution in [3.8, 4) is 5.75 Å². The molecule has 0 saturated carbocycles. The minimum Gasteiger partial charge on any atom is -0.495 e. The van der Waals surface area contributed by atoms with E-state index in [2.05, 4.69) is 36.6 Å². The van der Waals surface area contributed by atoms with Gasteiger partial charge in [-0.25, -0.2) is 0 Å². The highest BCUT2D eigenvalue weighted by Crippen LogP contribution is 2.28. The van der Waals surface area contributed by atoms with Gasteiger partial charge in [0.2, 0.25) is 0 Å². The Morgan fingerprint density at radius 2 is 2.11 bits per heavy atom. The van der Waals surface area contributed by atoms with Crippen molar-refractivity contribution in [1.82, 2.24) is 5.32 Å². The third-order valence-electron chi connectivity index (χ3n) is 4.08. The van der Waals surface area contributed by atoms with Gasteiger partial charge >= 0.3 is 0 Å². The molecule has 1 unspecified atom stereocenters. The van der Waals surface area contributed by atoms with E-state index in [-0.39, 0.29) is 0 Å². The third kappa shape index (κ3) is 3.87. The fraction of sp³-hybridized carbons (Fsp3) is 0.625. The Bertz CT molecular complexity index is 411. The summed E-state index contributed by atoms with van der Waals surface area (Å²) in [6, 6.07) is 4.30. The Morgan fingerprint density at radius 3 is 2.79 bits per heavy atom. The highest BCUT2D eigenvalue weighted by Gasteiger charge is 2.12. The quantitative estimate of drug-likeness (QED) is 0.855. The zero-order valence-electron chi connectivity index (χ0n) is 12.4. The molecule has 2 N–H and O–H groups in total. The van der Waals surface area contributed by atoms with Gasteiger partial charge in [-0.1, -0.05) is 0 Å². The van der Waals surface area contributed by atoms with Crippen LogP contribution in [0.15, 0.2) is 12.1 Å². The molecule has 0 radical (unpaired) electrons. The lowest BCUT2D eigenvalue weighted by Crippen LogP contribution is -2.30. The van der Waals surface area contributed by atoms with Crippen LogP contribution < -0.4 is 15.4 Å². The van der Waals surface area contributed by atoms with Crippen LogP contribution in [0.3, 0.4) is 0 Å². The summed E-state index contributed by atoms with van der Waals surface area (Å²) in [5, 5.41) is 7.00. The lowest BCUT2D eigenvalue weighted by molar-refractivity contribution is 0.364. The first-order valence-electron chi connectivity index (χ1n) is 7.30. The number of nitrogens with one attached hydrogen (secondary N) is 2. The highest BCUT2D eigenvalue weighted by molar-refractivity contribution is 5.59. The molecular formula is C16H26N2O. The predicted octanol–water partition coefficient (Wildman–Crippen LogP) is 3.11. The molecule has 3 nitrogen and oxygen atoms in total. The second kappa shape index (κ2) is 6.80. The maximum atomic E-state index is 5.45. The number of hydrogen-bond donors (Lipinski definition) is 2. The molecule has 1 saturated heterocycles. The van der Waals surface area contributed by atoms with Gasteiger partial charge in [-0.3, -0.25) is 0 Å². The Balaban J connectivity index is 1.89. The van der Waals surface area contributed by atoms with E-state index in [1.54, 1.807) is 7.11 Å². The fourth-order valence-corrected chi connectivity index (χ4v) is 2.68. The molecular weight excluding hydrogens is 236 g/mol. The molecule has 2 rings (SSSR count). The average molecular weight is 262 g/mol. The van der Waals surface area contributed by atoms with Crippen molar-refractivity contribution in [3.63, 3.8) is 0 Å². The summed E-state index contributed by atoms with van der Waals surface area (Å²) in [7, 11) is 1.74. The summed E-state index contributed by atoms with van der Waals surface area (Å²) in [6.07, 6.45) is 3.90. The second-order valence-corrected chi connectivity index (χ2v) is 5.56. The van der Waals surface area contributed by atoms with Crippen LogP contribution in [0.2, 0.25) is 0 Å². The first-order chi connectivity index (χ1) is 9.20. The fourth-order valence-electron chi connectivity index (χ4n) is 2.68. The number of benzene rings is 1. The molecule has 0 aromatic heterocycles. The number of piperidine rings is 1. The molecule has 0 bridgehead atoms. The van der Waals surface area contributed by atoms with E-state index < -0.39 is 0 Å². The Labute approximate surface area is 116 Å². The summed E-state index contributed by atoms with van der Waals surface area (Å²) < 4.78 is 5.45. The van der Waals surface area contributed by atoms with E-state index in [1.807, 2.05) is 0 Å². The van der Waals surface area contributed by atoms with Crippen molar-refractivity contribution >= 4 is 5.69 Å². The van der Waals surface area contributed by atoms with Crippen molar-refractivity contribution in [2.24, 2.45) is 5.92 Å². The van der Waals surface area contributed by atoms with Gasteiger partial charge in [-0.15, -0.1) is 0 Å². The van der Waals surface area contributed by atoms with Crippen molar-refractivity contribution in [1.29, 1.82) is 0 Å². The largest absolute Gasteiger partial charge is 0.495 e. The molecule has 1 heterocycles. The lowest BCUT2D eigenvalue weighted by atomic mass is 9.96. The smallest absolute Gasteiger partial charge is 0.142 e. The molecule has 19 heavy (non-hydrogen) atoms. The van der Waals surface area contributed by atoms with Gasteiger partial charge in [-0.2, -0.15) is 0 Å². The number of aryl methyl sites for hydroxylation is 2. The summed E-state index contributed by atoms with van der Waals surface area (Å²) in [5.41, 5.74) is 3.70. The van der Waals surface area contributed by atoms with Gasteiger partial charge < -0.3 is 15.4 Å². The number of ether oxygens (including phenoxy) is 1. The van der Waals surface area contributed by atoms with Crippen molar-refractivity contribution in [2.45, 2.75) is 33.1 Å². The van der Waals surface area contributed by atoms with Crippen LogP contribution in [0.4, 0.5) is 5.69 Å². The second-order valence-electron chi connectivity index (χ2n) is 5.56. The molecule has 1 aromatic carbocycles. The van der Waals surface area contributed by atoms with E-state index >= 15 is 0 Å². The zero-order chi connectivity index (χ0) is 13.7. The van der Waals surface area contributed by atoms with Crippen molar-refractivity contribution < 1.29 is 4.74 Å². The summed E-state index contributed by atoms with van der Waals surface area (Å²) in [4.78, 5) is 0. The molecule has 0 amide bonds. The molecule has 3 heteroatoms. The maximum Gasteiger partial charge on any atom is 0.142 e. The Kier molecular flexibility index (Phi) is 5.08. The molecule has 0 aliphatic carbocycles. The maximum absolute atomic E-state index is 5.45. The average Bonchev–Trinajstić information content (AvgIpc) is 2.43. The van der Waals surface area contributed by atoms with Crippen LogP contribution in [0, 0.1) is 19.8 Å². The molecule has 1 aliphatic rings. The van der Waals surface area contributed by atoms with Crippen LogP contribution in [0.1, 0.15) is 30.4 Å². The van der Waals surface area contributed by atoms with E-state index in [0.717, 1.165) is 23.9 Å². The van der Waals surface area contributed by atoms with E-state index in [0.29, 0.717) is 0 Å². The SMILES string of the molecule is COc1cc(C)c(C)cc1NCCC1CCCNC1. The van der Waals surface area contributed by atoms with E-state index in [1.165, 1.54) is 43.5 Å². The summed E-state index contributed by atoms with van der Waals surface area (Å²) in [6.45, 7) is 7.65. The lowest BCUT2D eigenvalue weighted by Gasteiger charge is -2.23. The third-order valence-corrected chi connectivity index (χ3v) is 4.08. The van der Waals surface area contributed by atoms with Crippen LogP contribution in [-0.4, -0.2) is 26.7 Å². The predicted molar refractivity (Wildman–Crippen MR) is 81.2 cm³/mol. The van der Waals surface area contributed by atoms with Crippen LogP contribution in [0.5, 0.6) is 5.75 Å². The van der Waals surface area contributed by atoms with Gasteiger partial charge in [0, 0.05) is 6.54 Å². The van der Waals surface area contributed by atoms with Gasteiger partial charge in [0.25, 0.3) is 0 Å². The minimum atomic E-state index is 0.818. The van der Waals surface area contributed by atoms with Gasteiger partial charge in [-0.05, 0) is 75.4 Å². The first-order valence-corrected chi connectivity index (χ1v) is 7.30. The van der Waals surface area contributed by atoms with E-state index in [9.17, 15) is 0 Å². The van der Waals surface area contributed by atoms with Gasteiger partial charge in [0.1, 0.15) is 5.75 Å². The monoisotopic (exact) mass is 262 g/mol. The van der Waals surface area contributed by atoms with E-state index in [4.69, 9.17) is 4.74 Å². The van der Waals surface area contributed by atoms with Crippen LogP contribution in [-0.2, 0) is 0 Å². The standard InChI is InChI=1S/C16H26N2O/c1-12-9-15(16(19-3)10-13(12)2)18-8-6-14-5-4-7-17-11-14/h9-10,14,17-18H,4-8,11H2,1-3H3. The number of anilines is 1. The molecule has 1 atom stereocenters. The normalized spacial score (nSPS) is 19.2. The van der Waals surface area contributed by atoms with Crippen LogP contribution in [0.25, 0.3) is 0 Å². The van der Waals surface area contributed by atoms with Gasteiger partial charge in [0.05, 0.1) is 12.8 Å². The minimum absolute atomic E-state index is 0.818. The zero-order valence-corrected chi connectivity index (χ0v) is 12.4. The number of hydrogen-bond acceptors (Lipinski definition) is 3. The van der Waals surface area contributed by atoms with Crippen molar-refractivity contribution in [3.05, 3.63) is 23.3 Å². The van der Waals surface area contributed by atoms with Crippen LogP contribution >= 0.6 is 0 Å². The molecule has 106 valence electrons. The topological polar surface area (TPSA) is 33.3 Å². The summed E-state index contributed by atoms with van der Waals surface area (Å²) >= 11 is 0.